The molecule has 0 radical (unpaired) electrons. The van der Waals surface area contributed by atoms with E-state index in [1.807, 2.05) is 13.0 Å². The highest BCUT2D eigenvalue weighted by atomic mass is 32.3. The molecule has 22 heavy (non-hydrogen) atoms. The van der Waals surface area contributed by atoms with Crippen LogP contribution in [-0.2, 0) is 29.8 Å². The third-order valence-corrected chi connectivity index (χ3v) is 3.80. The van der Waals surface area contributed by atoms with Gasteiger partial charge in [0.25, 0.3) is 5.91 Å². The normalized spacial score (nSPS) is 12.8. The molecule has 1 aromatic rings. The van der Waals surface area contributed by atoms with E-state index < -0.39 is 28.1 Å². The molecule has 0 aliphatic carbocycles. The number of carbonyl (C=O) groups is 1. The predicted molar refractivity (Wildman–Crippen MR) is 80.0 cm³/mol. The fourth-order valence-electron chi connectivity index (χ4n) is 1.46. The van der Waals surface area contributed by atoms with Gasteiger partial charge in [-0.25, -0.2) is 8.39 Å². The van der Waals surface area contributed by atoms with Crippen molar-refractivity contribution in [2.24, 2.45) is 0 Å². The first-order valence-corrected chi connectivity index (χ1v) is 8.87. The molecule has 8 nitrogen and oxygen atoms in total. The number of carbonyl (C=O) groups excluding carboxylic acids is 1. The summed E-state index contributed by atoms with van der Waals surface area (Å²) in [6.45, 7) is 1.30. The molecule has 1 unspecified atom stereocenters. The van der Waals surface area contributed by atoms with Gasteiger partial charge in [-0.3, -0.25) is 13.5 Å². The minimum atomic E-state index is -4.52. The molecule has 1 rings (SSSR count). The molecule has 0 saturated heterocycles. The van der Waals surface area contributed by atoms with Gasteiger partial charge in [0.1, 0.15) is 0 Å². The number of benzene rings is 1. The molecule has 0 saturated carbocycles. The summed E-state index contributed by atoms with van der Waals surface area (Å²) < 4.78 is 48.9. The Hall–Kier alpha value is -1.33. The summed E-state index contributed by atoms with van der Waals surface area (Å²) in [5.41, 5.74) is 1.46. The molecule has 0 aromatic heterocycles. The first-order valence-electron chi connectivity index (χ1n) is 6.26. The summed E-state index contributed by atoms with van der Waals surface area (Å²) in [5, 5.41) is 2.59. The molecule has 0 spiro atoms. The number of aryl methyl sites for hydroxylation is 1. The fourth-order valence-corrected chi connectivity index (χ4v) is 2.38. The van der Waals surface area contributed by atoms with Crippen LogP contribution in [0.3, 0.4) is 0 Å². The summed E-state index contributed by atoms with van der Waals surface area (Å²) in [5.74, 6) is -0.237. The monoisotopic (exact) mass is 351 g/mol. The average Bonchev–Trinajstić information content (AvgIpc) is 2.42. The SMILES string of the molecule is Cc1cccc(C(=O)NCCS(=O)OCCOS(=O)(=O)O)c1. The minimum absolute atomic E-state index is 0.0451. The molecule has 2 N–H and O–H groups in total. The van der Waals surface area contributed by atoms with Crippen molar-refractivity contribution in [3.63, 3.8) is 0 Å². The zero-order chi connectivity index (χ0) is 16.6. The summed E-state index contributed by atoms with van der Waals surface area (Å²) >= 11 is -1.70. The summed E-state index contributed by atoms with van der Waals surface area (Å²) in [6.07, 6.45) is 0. The second-order valence-electron chi connectivity index (χ2n) is 4.20. The van der Waals surface area contributed by atoms with Crippen LogP contribution >= 0.6 is 0 Å². The third kappa shape index (κ3) is 8.20. The van der Waals surface area contributed by atoms with Gasteiger partial charge in [0.2, 0.25) is 0 Å². The molecule has 10 heteroatoms. The Labute approximate surface area is 131 Å². The Balaban J connectivity index is 2.21. The van der Waals surface area contributed by atoms with Gasteiger partial charge in [0.15, 0.2) is 11.1 Å². The smallest absolute Gasteiger partial charge is 0.351 e. The topological polar surface area (TPSA) is 119 Å². The highest BCUT2D eigenvalue weighted by molar-refractivity contribution is 7.81. The molecule has 1 amide bonds. The van der Waals surface area contributed by atoms with E-state index in [1.165, 1.54) is 0 Å². The predicted octanol–water partition coefficient (Wildman–Crippen LogP) is 0.225. The molecular formula is C12H17NO7S2. The lowest BCUT2D eigenvalue weighted by atomic mass is 10.1. The number of hydrogen-bond donors (Lipinski definition) is 2. The maximum absolute atomic E-state index is 11.8. The summed E-state index contributed by atoms with van der Waals surface area (Å²) in [4.78, 5) is 11.8. The van der Waals surface area contributed by atoms with Gasteiger partial charge in [-0.05, 0) is 19.1 Å². The van der Waals surface area contributed by atoms with Crippen LogP contribution in [-0.4, -0.2) is 48.6 Å². The van der Waals surface area contributed by atoms with Crippen molar-refractivity contribution >= 4 is 27.4 Å². The Morgan fingerprint density at radius 2 is 2.09 bits per heavy atom. The molecule has 1 atom stereocenters. The van der Waals surface area contributed by atoms with Crippen molar-refractivity contribution in [2.45, 2.75) is 6.92 Å². The first kappa shape index (κ1) is 18.7. The van der Waals surface area contributed by atoms with Crippen LogP contribution in [0.15, 0.2) is 24.3 Å². The van der Waals surface area contributed by atoms with Gasteiger partial charge in [-0.2, -0.15) is 8.42 Å². The Morgan fingerprint density at radius 3 is 2.73 bits per heavy atom. The largest absolute Gasteiger partial charge is 0.397 e. The Kier molecular flexibility index (Phi) is 7.62. The lowest BCUT2D eigenvalue weighted by Crippen LogP contribution is -2.28. The molecule has 0 heterocycles. The van der Waals surface area contributed by atoms with Crippen molar-refractivity contribution in [3.05, 3.63) is 35.4 Å². The van der Waals surface area contributed by atoms with Crippen molar-refractivity contribution in [1.82, 2.24) is 5.32 Å². The van der Waals surface area contributed by atoms with Gasteiger partial charge in [-0.15, -0.1) is 0 Å². The quantitative estimate of drug-likeness (QED) is 0.482. The van der Waals surface area contributed by atoms with E-state index in [0.29, 0.717) is 5.56 Å². The van der Waals surface area contributed by atoms with Gasteiger partial charge < -0.3 is 5.32 Å². The standard InChI is InChI=1S/C12H17NO7S2/c1-10-3-2-4-11(9-10)12(14)13-5-8-21(15)19-6-7-20-22(16,17)18/h2-4,9H,5-8H2,1H3,(H,13,14)(H,16,17,18). The lowest BCUT2D eigenvalue weighted by molar-refractivity contribution is 0.0956. The molecule has 124 valence electrons. The van der Waals surface area contributed by atoms with Crippen molar-refractivity contribution < 1.29 is 30.3 Å². The number of amides is 1. The van der Waals surface area contributed by atoms with Gasteiger partial charge in [0, 0.05) is 12.1 Å². The van der Waals surface area contributed by atoms with E-state index in [0.717, 1.165) is 5.56 Å². The minimum Gasteiger partial charge on any atom is -0.351 e. The summed E-state index contributed by atoms with van der Waals surface area (Å²) in [7, 11) is -4.52. The van der Waals surface area contributed by atoms with Crippen molar-refractivity contribution in [3.8, 4) is 0 Å². The van der Waals surface area contributed by atoms with Gasteiger partial charge in [-0.1, -0.05) is 17.7 Å². The van der Waals surface area contributed by atoms with Crippen LogP contribution in [0.4, 0.5) is 0 Å². The Morgan fingerprint density at radius 1 is 1.36 bits per heavy atom. The van der Waals surface area contributed by atoms with Crippen LogP contribution in [0, 0.1) is 6.92 Å². The van der Waals surface area contributed by atoms with Gasteiger partial charge >= 0.3 is 10.4 Å². The first-order chi connectivity index (χ1) is 10.3. The maximum Gasteiger partial charge on any atom is 0.397 e. The van der Waals surface area contributed by atoms with E-state index in [2.05, 4.69) is 9.50 Å². The molecule has 0 bridgehead atoms. The molecule has 0 fully saturated rings. The van der Waals surface area contributed by atoms with Crippen molar-refractivity contribution in [1.29, 1.82) is 0 Å². The highest BCUT2D eigenvalue weighted by Gasteiger charge is 2.08. The zero-order valence-electron chi connectivity index (χ0n) is 11.9. The average molecular weight is 351 g/mol. The zero-order valence-corrected chi connectivity index (χ0v) is 13.5. The highest BCUT2D eigenvalue weighted by Crippen LogP contribution is 2.03. The molecule has 0 aliphatic rings. The fraction of sp³-hybridized carbons (Fsp3) is 0.417. The summed E-state index contributed by atoms with van der Waals surface area (Å²) in [6, 6.07) is 7.03. The molecule has 1 aromatic carbocycles. The molecular weight excluding hydrogens is 334 g/mol. The van der Waals surface area contributed by atoms with Crippen LogP contribution in [0.2, 0.25) is 0 Å². The van der Waals surface area contributed by atoms with E-state index in [9.17, 15) is 17.4 Å². The number of hydrogen-bond acceptors (Lipinski definition) is 6. The second-order valence-corrected chi connectivity index (χ2v) is 6.55. The van der Waals surface area contributed by atoms with Crippen LogP contribution in [0.5, 0.6) is 0 Å². The number of nitrogens with one attached hydrogen (secondary N) is 1. The second kappa shape index (κ2) is 8.96. The van der Waals surface area contributed by atoms with Crippen LogP contribution in [0.25, 0.3) is 0 Å². The van der Waals surface area contributed by atoms with Crippen LogP contribution in [0.1, 0.15) is 15.9 Å². The van der Waals surface area contributed by atoms with Crippen LogP contribution < -0.4 is 5.32 Å². The Bertz CT molecular complexity index is 630. The van der Waals surface area contributed by atoms with E-state index in [-0.39, 0.29) is 24.8 Å². The maximum atomic E-state index is 11.8. The van der Waals surface area contributed by atoms with E-state index >= 15 is 0 Å². The van der Waals surface area contributed by atoms with E-state index in [4.69, 9.17) is 8.74 Å². The van der Waals surface area contributed by atoms with E-state index in [1.54, 1.807) is 18.2 Å². The third-order valence-electron chi connectivity index (χ3n) is 2.36. The lowest BCUT2D eigenvalue weighted by Gasteiger charge is -2.06. The van der Waals surface area contributed by atoms with Crippen molar-refractivity contribution in [2.75, 3.05) is 25.5 Å². The van der Waals surface area contributed by atoms with Gasteiger partial charge in [0.05, 0.1) is 19.0 Å². The molecule has 0 aliphatic heterocycles. The number of rotatable bonds is 9.